The van der Waals surface area contributed by atoms with Crippen molar-refractivity contribution in [2.24, 2.45) is 0 Å². The number of hydrogen-bond donors (Lipinski definition) is 0. The maximum atomic E-state index is 14.2. The number of hydrogen-bond acceptors (Lipinski definition) is 10. The maximum absolute atomic E-state index is 14.2. The average molecular weight is 610 g/mol. The zero-order valence-electron chi connectivity index (χ0n) is 22.3. The number of anilines is 3. The predicted molar refractivity (Wildman–Crippen MR) is 153 cm³/mol. The Balaban J connectivity index is 1.24. The van der Waals surface area contributed by atoms with Crippen molar-refractivity contribution >= 4 is 55.3 Å². The summed E-state index contributed by atoms with van der Waals surface area (Å²) in [4.78, 5) is 20.5. The number of nitriles is 1. The molecule has 2 aliphatic rings. The Bertz CT molecular complexity index is 1830. The van der Waals surface area contributed by atoms with Crippen molar-refractivity contribution in [3.8, 4) is 6.07 Å². The van der Waals surface area contributed by atoms with Crippen molar-refractivity contribution < 1.29 is 4.39 Å². The molecule has 5 aromatic rings. The molecule has 1 unspecified atom stereocenters. The van der Waals surface area contributed by atoms with Crippen molar-refractivity contribution in [2.45, 2.75) is 25.8 Å². The second-order valence-electron chi connectivity index (χ2n) is 10.3. The molecule has 0 N–H and O–H groups in total. The number of piperazine rings is 1. The molecule has 1 aromatic carbocycles. The molecule has 2 saturated heterocycles. The van der Waals surface area contributed by atoms with E-state index in [-0.39, 0.29) is 11.9 Å². The van der Waals surface area contributed by atoms with Crippen molar-refractivity contribution in [1.82, 2.24) is 34.8 Å². The van der Waals surface area contributed by atoms with Gasteiger partial charge >= 0.3 is 194 Å². The third-order valence-corrected chi connectivity index (χ3v) is 8.61. The van der Waals surface area contributed by atoms with Crippen LogP contribution in [0.2, 0.25) is 0 Å². The number of benzene rings is 1. The van der Waals surface area contributed by atoms with E-state index in [9.17, 15) is 9.65 Å². The minimum Gasteiger partial charge on any atom is -0.196 e. The number of nitrogens with zero attached hydrogens (tertiary/aromatic N) is 11. The molecule has 13 heteroatoms. The normalized spacial score (nSPS) is 17.5. The van der Waals surface area contributed by atoms with Gasteiger partial charge in [-0.25, -0.2) is 0 Å². The van der Waals surface area contributed by atoms with Gasteiger partial charge < -0.3 is 0 Å². The molecule has 41 heavy (non-hydrogen) atoms. The number of aromatic nitrogens is 7. The first-order valence-electron chi connectivity index (χ1n) is 13.5. The van der Waals surface area contributed by atoms with E-state index in [2.05, 4.69) is 63.9 Å². The fraction of sp³-hybridized carbons (Fsp3) is 0.321. The minimum atomic E-state index is -0.310. The monoisotopic (exact) mass is 609 g/mol. The van der Waals surface area contributed by atoms with Gasteiger partial charge in [-0.1, -0.05) is 0 Å². The fourth-order valence-electron chi connectivity index (χ4n) is 5.88. The zero-order chi connectivity index (χ0) is 28.1. The van der Waals surface area contributed by atoms with Crippen LogP contribution in [0.25, 0.3) is 16.6 Å². The molecule has 2 fully saturated rings. The van der Waals surface area contributed by atoms with Crippen LogP contribution in [0.1, 0.15) is 35.8 Å². The SMILES string of the molecule is Cc1nnc2ccc(N3CCN(c4nc5cc(F)ccc5cc4C4CCCN4c4ncnc([As])c4C#N)CC3)nn12. The van der Waals surface area contributed by atoms with Crippen molar-refractivity contribution in [3.63, 3.8) is 0 Å². The Morgan fingerprint density at radius 1 is 0.976 bits per heavy atom. The third-order valence-electron chi connectivity index (χ3n) is 7.90. The van der Waals surface area contributed by atoms with E-state index in [4.69, 9.17) is 10.1 Å². The van der Waals surface area contributed by atoms with Gasteiger partial charge in [-0.3, -0.25) is 0 Å². The molecule has 0 spiro atoms. The van der Waals surface area contributed by atoms with Gasteiger partial charge in [0.05, 0.1) is 0 Å². The molecule has 1 atom stereocenters. The van der Waals surface area contributed by atoms with Gasteiger partial charge in [-0.2, -0.15) is 4.52 Å². The summed E-state index contributed by atoms with van der Waals surface area (Å²) in [6, 6.07) is 13.1. The van der Waals surface area contributed by atoms with Gasteiger partial charge in [0.15, 0.2) is 11.5 Å². The Morgan fingerprint density at radius 2 is 1.80 bits per heavy atom. The first-order valence-corrected chi connectivity index (χ1v) is 14.4. The minimum absolute atomic E-state index is 0.0281. The van der Waals surface area contributed by atoms with Crippen LogP contribution < -0.4 is 19.2 Å². The summed E-state index contributed by atoms with van der Waals surface area (Å²) in [5.41, 5.74) is 2.88. The van der Waals surface area contributed by atoms with E-state index in [1.54, 1.807) is 10.6 Å². The molecular weight excluding hydrogens is 584 g/mol. The van der Waals surface area contributed by atoms with Crippen molar-refractivity contribution in [1.29, 1.82) is 5.26 Å². The number of fused-ring (bicyclic) bond motifs is 2. The topological polar surface area (TPSA) is 115 Å². The molecule has 6 heterocycles. The molecule has 4 aromatic heterocycles. The molecule has 7 rings (SSSR count). The number of pyridine rings is 1. The summed E-state index contributed by atoms with van der Waals surface area (Å²) in [6.07, 6.45) is 3.36. The van der Waals surface area contributed by atoms with E-state index in [1.165, 1.54) is 18.5 Å². The van der Waals surface area contributed by atoms with E-state index < -0.39 is 0 Å². The maximum Gasteiger partial charge on any atom is -0.147 e. The Kier molecular flexibility index (Phi) is 6.39. The summed E-state index contributed by atoms with van der Waals surface area (Å²) in [6.45, 7) is 5.60. The summed E-state index contributed by atoms with van der Waals surface area (Å²) in [5, 5.41) is 23.8. The van der Waals surface area contributed by atoms with Crippen LogP contribution in [-0.4, -0.2) is 84.3 Å². The van der Waals surface area contributed by atoms with Crippen LogP contribution in [0.4, 0.5) is 21.8 Å². The molecule has 11 nitrogen and oxygen atoms in total. The zero-order valence-corrected chi connectivity index (χ0v) is 24.2. The first-order chi connectivity index (χ1) is 20.0. The van der Waals surface area contributed by atoms with E-state index in [0.717, 1.165) is 79.6 Å². The van der Waals surface area contributed by atoms with Crippen LogP contribution in [0.15, 0.2) is 42.7 Å². The summed E-state index contributed by atoms with van der Waals surface area (Å²) < 4.78 is 16.6. The first kappa shape index (κ1) is 25.6. The van der Waals surface area contributed by atoms with Gasteiger partial charge in [0, 0.05) is 0 Å². The Hall–Kier alpha value is -4.36. The van der Waals surface area contributed by atoms with Crippen LogP contribution >= 0.6 is 0 Å². The molecule has 0 amide bonds. The van der Waals surface area contributed by atoms with Crippen LogP contribution in [0.3, 0.4) is 0 Å². The third kappa shape index (κ3) is 4.50. The Labute approximate surface area is 244 Å². The molecular formula is C28H25AsFN11. The predicted octanol–water partition coefficient (Wildman–Crippen LogP) is 2.24. The molecule has 0 saturated carbocycles. The number of halogens is 1. The molecule has 204 valence electrons. The van der Waals surface area contributed by atoms with Crippen molar-refractivity contribution in [3.05, 3.63) is 65.5 Å². The van der Waals surface area contributed by atoms with Crippen LogP contribution in [0.5, 0.6) is 0 Å². The van der Waals surface area contributed by atoms with Gasteiger partial charge in [-0.05, 0) is 19.1 Å². The van der Waals surface area contributed by atoms with E-state index >= 15 is 0 Å². The quantitative estimate of drug-likeness (QED) is 0.281. The fourth-order valence-corrected chi connectivity index (χ4v) is 6.30. The second kappa shape index (κ2) is 10.2. The summed E-state index contributed by atoms with van der Waals surface area (Å²) >= 11 is 2.36. The number of aryl methyl sites for hydroxylation is 1. The van der Waals surface area contributed by atoms with Crippen LogP contribution in [-0.2, 0) is 0 Å². The Morgan fingerprint density at radius 3 is 2.63 bits per heavy atom. The van der Waals surface area contributed by atoms with E-state index in [0.29, 0.717) is 21.4 Å². The molecule has 0 aliphatic carbocycles. The molecule has 0 bridgehead atoms. The van der Waals surface area contributed by atoms with Crippen LogP contribution in [0, 0.1) is 24.1 Å². The van der Waals surface area contributed by atoms with Gasteiger partial charge in [0.25, 0.3) is 0 Å². The summed E-state index contributed by atoms with van der Waals surface area (Å²) in [5.74, 6) is 2.79. The average Bonchev–Trinajstić information content (AvgIpc) is 3.63. The summed E-state index contributed by atoms with van der Waals surface area (Å²) in [7, 11) is 0. The van der Waals surface area contributed by atoms with Gasteiger partial charge in [0.2, 0.25) is 0 Å². The largest absolute Gasteiger partial charge is 0.196 e. The van der Waals surface area contributed by atoms with Crippen molar-refractivity contribution in [2.75, 3.05) is 47.4 Å². The molecule has 2 aliphatic heterocycles. The smallest absolute Gasteiger partial charge is 0.147 e. The second-order valence-corrected chi connectivity index (χ2v) is 11.2. The standard InChI is InChI=1S/C28H25AsFN11/c1-17-35-36-24-6-7-25(37-41(17)24)38-9-11-39(12-10-38)28-20(13-18-4-5-19(30)14-22(18)34-28)23-3-2-8-40(23)27-21(15-31)26(29)32-16-33-27/h4-7,13-14,16,23H,2-3,8-12H2,1H3. The van der Waals surface area contributed by atoms with E-state index in [1.807, 2.05) is 19.1 Å². The van der Waals surface area contributed by atoms with Gasteiger partial charge in [0.1, 0.15) is 0 Å². The number of rotatable bonds is 4. The van der Waals surface area contributed by atoms with Gasteiger partial charge in [-0.15, -0.1) is 15.3 Å². The molecule has 2 radical (unpaired) electrons.